The zero-order valence-corrected chi connectivity index (χ0v) is 18.6. The fourth-order valence-corrected chi connectivity index (χ4v) is 3.89. The number of rotatable bonds is 0. The summed E-state index contributed by atoms with van der Waals surface area (Å²) in [7, 11) is 0. The molecule has 3 aromatic rings. The second-order valence-electron chi connectivity index (χ2n) is 5.75. The first-order valence-electron chi connectivity index (χ1n) is 7.89. The molecule has 0 atom stereocenters. The van der Waals surface area contributed by atoms with E-state index in [0.717, 1.165) is 40.8 Å². The number of benzene rings is 1. The highest BCUT2D eigenvalue weighted by Crippen LogP contribution is 2.20. The number of aromatic nitrogens is 2. The number of nitrogens with zero attached hydrogens (tertiary/aromatic N) is 2. The van der Waals surface area contributed by atoms with Gasteiger partial charge in [-0.1, -0.05) is 24.0 Å². The van der Waals surface area contributed by atoms with E-state index in [1.54, 1.807) is 0 Å². The Morgan fingerprint density at radius 2 is 1.12 bits per heavy atom. The van der Waals surface area contributed by atoms with E-state index in [4.69, 9.17) is 0 Å². The molecule has 2 aromatic heterocycles. The summed E-state index contributed by atoms with van der Waals surface area (Å²) in [5.74, 6) is 12.7. The molecule has 4 heteroatoms. The van der Waals surface area contributed by atoms with Crippen LogP contribution in [0.2, 0.25) is 0 Å². The van der Waals surface area contributed by atoms with Crippen molar-refractivity contribution in [1.82, 2.24) is 9.97 Å². The number of halogens is 2. The average Bonchev–Trinajstić information content (AvgIpc) is 2.63. The first-order valence-corrected chi connectivity index (χ1v) is 10.1. The molecule has 0 amide bonds. The van der Waals surface area contributed by atoms with E-state index in [2.05, 4.69) is 84.9 Å². The quantitative estimate of drug-likeness (QED) is 0.283. The highest BCUT2D eigenvalue weighted by atomic mass is 127. The maximum atomic E-state index is 4.33. The van der Waals surface area contributed by atoms with Crippen molar-refractivity contribution in [3.05, 3.63) is 89.6 Å². The zero-order valence-electron chi connectivity index (χ0n) is 14.3. The van der Waals surface area contributed by atoms with Crippen LogP contribution < -0.4 is 0 Å². The largest absolute Gasteiger partial charge is 0.248 e. The fourth-order valence-electron chi connectivity index (χ4n) is 2.09. The van der Waals surface area contributed by atoms with Crippen LogP contribution in [0.25, 0.3) is 0 Å². The van der Waals surface area contributed by atoms with Crippen LogP contribution in [0.5, 0.6) is 0 Å². The van der Waals surface area contributed by atoms with Gasteiger partial charge in [0.05, 0.1) is 0 Å². The van der Waals surface area contributed by atoms with Crippen LogP contribution in [0.1, 0.15) is 33.6 Å². The first-order chi connectivity index (χ1) is 12.5. The van der Waals surface area contributed by atoms with Gasteiger partial charge in [0.2, 0.25) is 0 Å². The maximum Gasteiger partial charge on any atom is 0.113 e. The van der Waals surface area contributed by atoms with Gasteiger partial charge >= 0.3 is 0 Å². The average molecular weight is 560 g/mol. The molecule has 0 saturated carbocycles. The van der Waals surface area contributed by atoms with Crippen molar-refractivity contribution in [3.8, 4) is 23.7 Å². The van der Waals surface area contributed by atoms with E-state index in [1.807, 2.05) is 56.6 Å². The number of pyridine rings is 2. The monoisotopic (exact) mass is 560 g/mol. The molecule has 0 fully saturated rings. The van der Waals surface area contributed by atoms with Crippen LogP contribution in [-0.4, -0.2) is 9.97 Å². The Bertz CT molecular complexity index is 977. The van der Waals surface area contributed by atoms with Gasteiger partial charge in [0.25, 0.3) is 0 Å². The lowest BCUT2D eigenvalue weighted by Gasteiger charge is -2.01. The summed E-state index contributed by atoms with van der Waals surface area (Å²) >= 11 is 4.61. The fraction of sp³-hybridized carbons (Fsp3) is 0.0909. The Kier molecular flexibility index (Phi) is 6.29. The standard InChI is InChI=1S/C22H14I2N2/c1-15-3-7-19(25-13-15)9-5-17-11-18(22(24)12-21(17)23)6-10-20-8-4-16(2)14-26-20/h3-4,7-8,11-14H,1-2H3. The van der Waals surface area contributed by atoms with Crippen LogP contribution >= 0.6 is 45.2 Å². The van der Waals surface area contributed by atoms with Gasteiger partial charge in [-0.05, 0) is 106 Å². The third kappa shape index (κ3) is 5.06. The number of hydrogen-bond acceptors (Lipinski definition) is 2. The third-order valence-corrected chi connectivity index (χ3v) is 5.31. The molecule has 0 radical (unpaired) electrons. The van der Waals surface area contributed by atoms with E-state index in [0.29, 0.717) is 0 Å². The third-order valence-electron chi connectivity index (χ3n) is 3.53. The van der Waals surface area contributed by atoms with Crippen molar-refractivity contribution in [3.63, 3.8) is 0 Å². The van der Waals surface area contributed by atoms with Crippen molar-refractivity contribution in [2.24, 2.45) is 0 Å². The predicted octanol–water partition coefficient (Wildman–Crippen LogP) is 5.10. The van der Waals surface area contributed by atoms with Gasteiger partial charge in [-0.3, -0.25) is 0 Å². The minimum Gasteiger partial charge on any atom is -0.248 e. The predicted molar refractivity (Wildman–Crippen MR) is 122 cm³/mol. The molecular weight excluding hydrogens is 546 g/mol. The Labute approximate surface area is 181 Å². The lowest BCUT2D eigenvalue weighted by atomic mass is 10.1. The summed E-state index contributed by atoms with van der Waals surface area (Å²) in [5, 5.41) is 0. The van der Waals surface area contributed by atoms with Gasteiger partial charge in [-0.25, -0.2) is 9.97 Å². The minimum atomic E-state index is 0.765. The smallest absolute Gasteiger partial charge is 0.113 e. The second kappa shape index (κ2) is 8.66. The molecule has 0 bridgehead atoms. The van der Waals surface area contributed by atoms with Crippen LogP contribution in [0.4, 0.5) is 0 Å². The zero-order chi connectivity index (χ0) is 18.5. The second-order valence-corrected chi connectivity index (χ2v) is 8.08. The topological polar surface area (TPSA) is 25.8 Å². The van der Waals surface area contributed by atoms with Crippen molar-refractivity contribution < 1.29 is 0 Å². The van der Waals surface area contributed by atoms with Crippen molar-refractivity contribution in [2.45, 2.75) is 13.8 Å². The summed E-state index contributed by atoms with van der Waals surface area (Å²) in [4.78, 5) is 8.66. The summed E-state index contributed by atoms with van der Waals surface area (Å²) in [6, 6.07) is 12.0. The van der Waals surface area contributed by atoms with Crippen molar-refractivity contribution in [1.29, 1.82) is 0 Å². The lowest BCUT2D eigenvalue weighted by molar-refractivity contribution is 1.24. The van der Waals surface area contributed by atoms with Crippen molar-refractivity contribution in [2.75, 3.05) is 0 Å². The normalized spacial score (nSPS) is 9.69. The SMILES string of the molecule is Cc1ccc(C#Cc2cc(C#Cc3ccc(C)cn3)c(I)cc2I)nc1. The molecule has 0 N–H and O–H groups in total. The molecule has 0 unspecified atom stereocenters. The molecule has 2 heterocycles. The summed E-state index contributed by atoms with van der Waals surface area (Å²) < 4.78 is 2.20. The van der Waals surface area contributed by atoms with Gasteiger partial charge in [-0.15, -0.1) is 0 Å². The Balaban J connectivity index is 1.93. The van der Waals surface area contributed by atoms with Crippen LogP contribution in [0, 0.1) is 44.7 Å². The van der Waals surface area contributed by atoms with Crippen LogP contribution in [0.15, 0.2) is 48.8 Å². The van der Waals surface area contributed by atoms with Crippen molar-refractivity contribution >= 4 is 45.2 Å². The molecule has 0 aliphatic carbocycles. The Morgan fingerprint density at radius 1 is 0.654 bits per heavy atom. The molecular formula is C22H14I2N2. The molecule has 0 spiro atoms. The van der Waals surface area contributed by atoms with E-state index in [-0.39, 0.29) is 0 Å². The van der Waals surface area contributed by atoms with E-state index in [9.17, 15) is 0 Å². The van der Waals surface area contributed by atoms with Gasteiger partial charge in [0, 0.05) is 30.7 Å². The van der Waals surface area contributed by atoms with Gasteiger partial charge < -0.3 is 0 Å². The number of aryl methyl sites for hydroxylation is 2. The molecule has 0 aliphatic rings. The first kappa shape index (κ1) is 18.9. The highest BCUT2D eigenvalue weighted by Gasteiger charge is 2.04. The van der Waals surface area contributed by atoms with Crippen LogP contribution in [-0.2, 0) is 0 Å². The summed E-state index contributed by atoms with van der Waals surface area (Å²) in [5.41, 5.74) is 5.69. The lowest BCUT2D eigenvalue weighted by Crippen LogP contribution is -1.90. The molecule has 26 heavy (non-hydrogen) atoms. The van der Waals surface area contributed by atoms with Gasteiger partial charge in [0.15, 0.2) is 0 Å². The summed E-state index contributed by atoms with van der Waals surface area (Å²) in [6.07, 6.45) is 3.66. The Hall–Kier alpha value is -1.90. The van der Waals surface area contributed by atoms with Gasteiger partial charge in [-0.2, -0.15) is 0 Å². The van der Waals surface area contributed by atoms with Gasteiger partial charge in [0.1, 0.15) is 11.4 Å². The van der Waals surface area contributed by atoms with E-state index < -0.39 is 0 Å². The Morgan fingerprint density at radius 3 is 1.50 bits per heavy atom. The molecule has 1 aromatic carbocycles. The molecule has 0 saturated heterocycles. The molecule has 2 nitrogen and oxygen atoms in total. The summed E-state index contributed by atoms with van der Waals surface area (Å²) in [6.45, 7) is 4.03. The van der Waals surface area contributed by atoms with E-state index in [1.165, 1.54) is 0 Å². The molecule has 126 valence electrons. The molecule has 3 rings (SSSR count). The maximum absolute atomic E-state index is 4.33. The molecule has 0 aliphatic heterocycles. The number of hydrogen-bond donors (Lipinski definition) is 0. The van der Waals surface area contributed by atoms with Crippen LogP contribution in [0.3, 0.4) is 0 Å². The highest BCUT2D eigenvalue weighted by molar-refractivity contribution is 14.1. The minimum absolute atomic E-state index is 0.765. The van der Waals surface area contributed by atoms with E-state index >= 15 is 0 Å².